The molecule has 0 spiro atoms. The van der Waals surface area contributed by atoms with Crippen LogP contribution in [-0.2, 0) is 22.5 Å². The normalized spacial score (nSPS) is 17.3. The Morgan fingerprint density at radius 3 is 3.00 bits per heavy atom. The number of carbonyl (C=O) groups excluding carboxylic acids is 1. The number of nitrogens with one attached hydrogen (secondary N) is 1. The number of ether oxygens (including phenoxy) is 1. The largest absolute Gasteiger partial charge is 0.376 e. The Hall–Kier alpha value is -1.66. The minimum Gasteiger partial charge on any atom is -0.376 e. The molecular weight excluding hydrogens is 322 g/mol. The number of aromatic nitrogens is 2. The van der Waals surface area contributed by atoms with E-state index in [0.717, 1.165) is 42.8 Å². The molecule has 1 fully saturated rings. The van der Waals surface area contributed by atoms with Gasteiger partial charge in [0.1, 0.15) is 0 Å². The van der Waals surface area contributed by atoms with Crippen molar-refractivity contribution in [3.8, 4) is 0 Å². The number of carbonyl (C=O) groups is 1. The Labute approximate surface area is 147 Å². The minimum atomic E-state index is 0.185. The molecule has 1 aliphatic heterocycles. The molecule has 2 aromatic rings. The van der Waals surface area contributed by atoms with Crippen LogP contribution in [-0.4, -0.2) is 40.3 Å². The summed E-state index contributed by atoms with van der Waals surface area (Å²) < 4.78 is 5.74. The molecule has 2 aromatic heterocycles. The molecule has 5 nitrogen and oxygen atoms in total. The van der Waals surface area contributed by atoms with Crippen LogP contribution in [0.25, 0.3) is 0 Å². The number of aryl methyl sites for hydroxylation is 2. The zero-order valence-corrected chi connectivity index (χ0v) is 15.2. The Bertz CT molecular complexity index is 640. The van der Waals surface area contributed by atoms with Crippen molar-refractivity contribution in [2.45, 2.75) is 52.2 Å². The molecule has 0 bridgehead atoms. The molecule has 1 N–H and O–H groups in total. The van der Waals surface area contributed by atoms with Gasteiger partial charge in [-0.15, -0.1) is 0 Å². The van der Waals surface area contributed by atoms with E-state index in [9.17, 15) is 4.79 Å². The summed E-state index contributed by atoms with van der Waals surface area (Å²) in [6.07, 6.45) is 3.58. The van der Waals surface area contributed by atoms with Gasteiger partial charge in [-0.25, -0.2) is 0 Å². The highest BCUT2D eigenvalue weighted by molar-refractivity contribution is 7.07. The highest BCUT2D eigenvalue weighted by atomic mass is 32.1. The zero-order valence-electron chi connectivity index (χ0n) is 14.4. The molecule has 0 radical (unpaired) electrons. The Balaban J connectivity index is 1.63. The lowest BCUT2D eigenvalue weighted by Gasteiger charge is -2.25. The van der Waals surface area contributed by atoms with Gasteiger partial charge < -0.3 is 9.64 Å². The molecular formula is C18H25N3O2S. The topological polar surface area (TPSA) is 58.2 Å². The SMILES string of the molecule is Cc1n[nH]c(C)c1CCC(=O)N(Cc1ccsc1)C[C@H]1CCCO1. The van der Waals surface area contributed by atoms with E-state index < -0.39 is 0 Å². The van der Waals surface area contributed by atoms with Gasteiger partial charge in [-0.05, 0) is 61.1 Å². The smallest absolute Gasteiger partial charge is 0.223 e. The second kappa shape index (κ2) is 7.94. The first-order valence-electron chi connectivity index (χ1n) is 8.54. The average molecular weight is 347 g/mol. The van der Waals surface area contributed by atoms with Crippen molar-refractivity contribution in [1.29, 1.82) is 0 Å². The first kappa shape index (κ1) is 17.2. The van der Waals surface area contributed by atoms with Gasteiger partial charge in [-0.3, -0.25) is 9.89 Å². The van der Waals surface area contributed by atoms with Crippen LogP contribution < -0.4 is 0 Å². The van der Waals surface area contributed by atoms with E-state index in [4.69, 9.17) is 4.74 Å². The van der Waals surface area contributed by atoms with Gasteiger partial charge in [0.25, 0.3) is 0 Å². The van der Waals surface area contributed by atoms with Crippen LogP contribution in [0, 0.1) is 13.8 Å². The predicted molar refractivity (Wildman–Crippen MR) is 95.1 cm³/mol. The van der Waals surface area contributed by atoms with Gasteiger partial charge >= 0.3 is 0 Å². The van der Waals surface area contributed by atoms with Gasteiger partial charge in [0.15, 0.2) is 0 Å². The highest BCUT2D eigenvalue weighted by Crippen LogP contribution is 2.18. The van der Waals surface area contributed by atoms with Crippen molar-refractivity contribution in [1.82, 2.24) is 15.1 Å². The van der Waals surface area contributed by atoms with Crippen molar-refractivity contribution < 1.29 is 9.53 Å². The Morgan fingerprint density at radius 2 is 2.38 bits per heavy atom. The lowest BCUT2D eigenvalue weighted by atomic mass is 10.1. The van der Waals surface area contributed by atoms with Crippen LogP contribution in [0.4, 0.5) is 0 Å². The minimum absolute atomic E-state index is 0.185. The van der Waals surface area contributed by atoms with E-state index in [-0.39, 0.29) is 12.0 Å². The van der Waals surface area contributed by atoms with Crippen molar-refractivity contribution in [3.05, 3.63) is 39.3 Å². The first-order chi connectivity index (χ1) is 11.6. The molecule has 24 heavy (non-hydrogen) atoms. The summed E-state index contributed by atoms with van der Waals surface area (Å²) in [5.41, 5.74) is 4.41. The summed E-state index contributed by atoms with van der Waals surface area (Å²) in [6.45, 7) is 6.18. The van der Waals surface area contributed by atoms with Crippen LogP contribution in [0.15, 0.2) is 16.8 Å². The summed E-state index contributed by atoms with van der Waals surface area (Å²) in [5, 5.41) is 11.4. The lowest BCUT2D eigenvalue weighted by Crippen LogP contribution is -2.37. The number of rotatable bonds is 7. The lowest BCUT2D eigenvalue weighted by molar-refractivity contribution is -0.133. The number of H-pyrrole nitrogens is 1. The molecule has 3 rings (SSSR count). The van der Waals surface area contributed by atoms with Crippen LogP contribution in [0.3, 0.4) is 0 Å². The third-order valence-corrected chi connectivity index (χ3v) is 5.36. The highest BCUT2D eigenvalue weighted by Gasteiger charge is 2.23. The van der Waals surface area contributed by atoms with Gasteiger partial charge in [0.2, 0.25) is 5.91 Å². The number of thiophene rings is 1. The molecule has 1 atom stereocenters. The molecule has 1 amide bonds. The summed E-state index contributed by atoms with van der Waals surface area (Å²) in [5.74, 6) is 0.191. The Morgan fingerprint density at radius 1 is 1.50 bits per heavy atom. The monoisotopic (exact) mass is 347 g/mol. The number of hydrogen-bond acceptors (Lipinski definition) is 4. The summed E-state index contributed by atoms with van der Waals surface area (Å²) >= 11 is 1.67. The molecule has 6 heteroatoms. The second-order valence-electron chi connectivity index (χ2n) is 6.45. The van der Waals surface area contributed by atoms with E-state index in [1.165, 1.54) is 5.56 Å². The number of amides is 1. The van der Waals surface area contributed by atoms with E-state index >= 15 is 0 Å². The molecule has 3 heterocycles. The molecule has 0 unspecified atom stereocenters. The summed E-state index contributed by atoms with van der Waals surface area (Å²) in [7, 11) is 0. The van der Waals surface area contributed by atoms with Gasteiger partial charge in [0, 0.05) is 31.8 Å². The van der Waals surface area contributed by atoms with Crippen LogP contribution in [0.5, 0.6) is 0 Å². The molecule has 1 saturated heterocycles. The van der Waals surface area contributed by atoms with Crippen molar-refractivity contribution in [2.24, 2.45) is 0 Å². The second-order valence-corrected chi connectivity index (χ2v) is 7.23. The van der Waals surface area contributed by atoms with Gasteiger partial charge in [-0.1, -0.05) is 0 Å². The van der Waals surface area contributed by atoms with Crippen LogP contribution in [0.2, 0.25) is 0 Å². The maximum atomic E-state index is 12.8. The fraction of sp³-hybridized carbons (Fsp3) is 0.556. The molecule has 1 aliphatic rings. The number of aromatic amines is 1. The molecule has 0 aliphatic carbocycles. The molecule has 130 valence electrons. The zero-order chi connectivity index (χ0) is 16.9. The summed E-state index contributed by atoms with van der Waals surface area (Å²) in [4.78, 5) is 14.8. The number of nitrogens with zero attached hydrogens (tertiary/aromatic N) is 2. The first-order valence-corrected chi connectivity index (χ1v) is 9.48. The van der Waals surface area contributed by atoms with E-state index in [2.05, 4.69) is 27.0 Å². The standard InChI is InChI=1S/C18H25N3O2S/c1-13-17(14(2)20-19-13)5-6-18(22)21(10-15-7-9-24-12-15)11-16-4-3-8-23-16/h7,9,12,16H,3-6,8,10-11H2,1-2H3,(H,19,20)/t16-/m1/s1. The predicted octanol–water partition coefficient (Wildman–Crippen LogP) is 3.23. The fourth-order valence-corrected chi connectivity index (χ4v) is 3.88. The molecule has 0 saturated carbocycles. The van der Waals surface area contributed by atoms with Crippen molar-refractivity contribution in [2.75, 3.05) is 13.2 Å². The number of hydrogen-bond donors (Lipinski definition) is 1. The maximum absolute atomic E-state index is 12.8. The summed E-state index contributed by atoms with van der Waals surface area (Å²) in [6, 6.07) is 2.09. The fourth-order valence-electron chi connectivity index (χ4n) is 3.22. The molecule has 0 aromatic carbocycles. The van der Waals surface area contributed by atoms with Crippen LogP contribution in [0.1, 0.15) is 41.8 Å². The van der Waals surface area contributed by atoms with Gasteiger partial charge in [0.05, 0.1) is 11.8 Å². The van der Waals surface area contributed by atoms with E-state index in [0.29, 0.717) is 19.5 Å². The average Bonchev–Trinajstić information content (AvgIpc) is 3.30. The van der Waals surface area contributed by atoms with Gasteiger partial charge in [-0.2, -0.15) is 16.4 Å². The van der Waals surface area contributed by atoms with E-state index in [1.807, 2.05) is 18.7 Å². The third-order valence-electron chi connectivity index (χ3n) is 4.62. The Kier molecular flexibility index (Phi) is 5.68. The van der Waals surface area contributed by atoms with Crippen molar-refractivity contribution >= 4 is 17.2 Å². The maximum Gasteiger partial charge on any atom is 0.223 e. The van der Waals surface area contributed by atoms with E-state index in [1.54, 1.807) is 11.3 Å². The third kappa shape index (κ3) is 4.24. The van der Waals surface area contributed by atoms with Crippen LogP contribution >= 0.6 is 11.3 Å². The quantitative estimate of drug-likeness (QED) is 0.836. The van der Waals surface area contributed by atoms with Crippen molar-refractivity contribution in [3.63, 3.8) is 0 Å².